The summed E-state index contributed by atoms with van der Waals surface area (Å²) in [7, 11) is 0. The molecule has 1 fully saturated rings. The zero-order valence-corrected chi connectivity index (χ0v) is 13.5. The van der Waals surface area contributed by atoms with E-state index < -0.39 is 0 Å². The first kappa shape index (κ1) is 14.4. The second-order valence-electron chi connectivity index (χ2n) is 6.32. The second-order valence-corrected chi connectivity index (χ2v) is 6.32. The lowest BCUT2D eigenvalue weighted by atomic mass is 10.1. The first-order valence-electron chi connectivity index (χ1n) is 8.42. The number of imidazole rings is 1. The molecular formula is C17H17N7O. The second kappa shape index (κ2) is 5.52. The number of aromatic amines is 1. The van der Waals surface area contributed by atoms with Crippen molar-refractivity contribution in [3.8, 4) is 11.4 Å². The van der Waals surface area contributed by atoms with Gasteiger partial charge in [-0.15, -0.1) is 0 Å². The Bertz CT molecular complexity index is 1120. The van der Waals surface area contributed by atoms with E-state index in [9.17, 15) is 4.79 Å². The molecule has 5 heterocycles. The minimum absolute atomic E-state index is 0.113. The van der Waals surface area contributed by atoms with Crippen molar-refractivity contribution < 1.29 is 0 Å². The Kier molecular flexibility index (Phi) is 3.17. The molecule has 8 nitrogen and oxygen atoms in total. The van der Waals surface area contributed by atoms with E-state index in [1.54, 1.807) is 21.5 Å². The lowest BCUT2D eigenvalue weighted by molar-refractivity contribution is 0.370. The van der Waals surface area contributed by atoms with E-state index in [1.165, 1.54) is 0 Å². The monoisotopic (exact) mass is 335 g/mol. The molecule has 0 aliphatic carbocycles. The molecular weight excluding hydrogens is 318 g/mol. The SMILES string of the molecule is O=c1[nH]c2cnc(-c3cnn4ccccc34)nc2n1C1CCCNC1. The van der Waals surface area contributed by atoms with Gasteiger partial charge >= 0.3 is 5.69 Å². The van der Waals surface area contributed by atoms with Gasteiger partial charge in [0.05, 0.1) is 29.5 Å². The van der Waals surface area contributed by atoms with Crippen LogP contribution in [0.5, 0.6) is 0 Å². The van der Waals surface area contributed by atoms with Gasteiger partial charge in [0.25, 0.3) is 0 Å². The summed E-state index contributed by atoms with van der Waals surface area (Å²) in [6.45, 7) is 1.78. The summed E-state index contributed by atoms with van der Waals surface area (Å²) < 4.78 is 3.55. The third-order valence-electron chi connectivity index (χ3n) is 4.76. The third kappa shape index (κ3) is 2.25. The lowest BCUT2D eigenvalue weighted by Gasteiger charge is -2.23. The molecule has 1 aliphatic heterocycles. The average molecular weight is 335 g/mol. The van der Waals surface area contributed by atoms with E-state index in [2.05, 4.69) is 20.4 Å². The molecule has 5 rings (SSSR count). The minimum atomic E-state index is -0.130. The van der Waals surface area contributed by atoms with Crippen LogP contribution >= 0.6 is 0 Å². The summed E-state index contributed by atoms with van der Waals surface area (Å²) in [6, 6.07) is 5.97. The predicted octanol–water partition coefficient (Wildman–Crippen LogP) is 1.36. The van der Waals surface area contributed by atoms with Crippen molar-refractivity contribution in [1.82, 2.24) is 34.4 Å². The maximum atomic E-state index is 12.4. The Hall–Kier alpha value is -3.00. The lowest BCUT2D eigenvalue weighted by Crippen LogP contribution is -2.35. The summed E-state index contributed by atoms with van der Waals surface area (Å²) in [6.07, 6.45) is 7.34. The summed E-state index contributed by atoms with van der Waals surface area (Å²) in [5.41, 5.74) is 2.97. The number of pyridine rings is 1. The van der Waals surface area contributed by atoms with Crippen LogP contribution in [0.2, 0.25) is 0 Å². The van der Waals surface area contributed by atoms with Gasteiger partial charge in [-0.05, 0) is 31.5 Å². The maximum Gasteiger partial charge on any atom is 0.328 e. The Labute approximate surface area is 142 Å². The topological polar surface area (TPSA) is 92.9 Å². The number of aromatic nitrogens is 6. The Balaban J connectivity index is 1.69. The van der Waals surface area contributed by atoms with Crippen molar-refractivity contribution >= 4 is 16.7 Å². The largest absolute Gasteiger partial charge is 0.328 e. The quantitative estimate of drug-likeness (QED) is 0.577. The predicted molar refractivity (Wildman–Crippen MR) is 93.5 cm³/mol. The number of rotatable bonds is 2. The Morgan fingerprint density at radius 2 is 2.20 bits per heavy atom. The summed E-state index contributed by atoms with van der Waals surface area (Å²) in [5, 5.41) is 7.69. The van der Waals surface area contributed by atoms with Crippen molar-refractivity contribution in [2.75, 3.05) is 13.1 Å². The molecule has 1 aliphatic rings. The van der Waals surface area contributed by atoms with Gasteiger partial charge in [-0.3, -0.25) is 4.57 Å². The van der Waals surface area contributed by atoms with Gasteiger partial charge < -0.3 is 10.3 Å². The van der Waals surface area contributed by atoms with Crippen molar-refractivity contribution in [3.63, 3.8) is 0 Å². The molecule has 25 heavy (non-hydrogen) atoms. The molecule has 0 saturated carbocycles. The van der Waals surface area contributed by atoms with Crippen molar-refractivity contribution in [2.24, 2.45) is 0 Å². The van der Waals surface area contributed by atoms with Gasteiger partial charge in [0, 0.05) is 12.7 Å². The first-order valence-corrected chi connectivity index (χ1v) is 8.42. The average Bonchev–Trinajstić information content (AvgIpc) is 3.22. The fourth-order valence-electron chi connectivity index (χ4n) is 3.55. The maximum absolute atomic E-state index is 12.4. The van der Waals surface area contributed by atoms with Gasteiger partial charge in [0.15, 0.2) is 11.5 Å². The van der Waals surface area contributed by atoms with Crippen LogP contribution < -0.4 is 11.0 Å². The molecule has 0 amide bonds. The molecule has 4 aromatic heterocycles. The number of piperidine rings is 1. The normalized spacial score (nSPS) is 18.2. The van der Waals surface area contributed by atoms with Gasteiger partial charge in [0.2, 0.25) is 0 Å². The molecule has 0 bridgehead atoms. The smallest absolute Gasteiger partial charge is 0.315 e. The highest BCUT2D eigenvalue weighted by Crippen LogP contribution is 2.24. The van der Waals surface area contributed by atoms with Crippen LogP contribution in [0.1, 0.15) is 18.9 Å². The molecule has 0 aromatic carbocycles. The number of hydrogen-bond acceptors (Lipinski definition) is 5. The molecule has 0 spiro atoms. The fourth-order valence-corrected chi connectivity index (χ4v) is 3.55. The first-order chi connectivity index (χ1) is 12.3. The van der Waals surface area contributed by atoms with E-state index in [1.807, 2.05) is 24.4 Å². The van der Waals surface area contributed by atoms with Crippen molar-refractivity contribution in [3.05, 3.63) is 47.3 Å². The van der Waals surface area contributed by atoms with Crippen LogP contribution in [-0.2, 0) is 0 Å². The molecule has 4 aromatic rings. The number of fused-ring (bicyclic) bond motifs is 2. The highest BCUT2D eigenvalue weighted by atomic mass is 16.1. The molecule has 1 unspecified atom stereocenters. The molecule has 0 radical (unpaired) electrons. The molecule has 2 N–H and O–H groups in total. The van der Waals surface area contributed by atoms with E-state index in [0.717, 1.165) is 37.0 Å². The van der Waals surface area contributed by atoms with Crippen molar-refractivity contribution in [2.45, 2.75) is 18.9 Å². The van der Waals surface area contributed by atoms with Gasteiger partial charge in [-0.1, -0.05) is 6.07 Å². The fraction of sp³-hybridized carbons (Fsp3) is 0.294. The Morgan fingerprint density at radius 3 is 3.08 bits per heavy atom. The van der Waals surface area contributed by atoms with Crippen molar-refractivity contribution in [1.29, 1.82) is 0 Å². The van der Waals surface area contributed by atoms with Crippen LogP contribution in [0, 0.1) is 0 Å². The van der Waals surface area contributed by atoms with Gasteiger partial charge in [0.1, 0.15) is 5.52 Å². The number of nitrogens with zero attached hydrogens (tertiary/aromatic N) is 5. The number of nitrogens with one attached hydrogen (secondary N) is 2. The zero-order valence-electron chi connectivity index (χ0n) is 13.5. The molecule has 1 saturated heterocycles. The highest BCUT2D eigenvalue weighted by Gasteiger charge is 2.21. The summed E-state index contributed by atoms with van der Waals surface area (Å²) >= 11 is 0. The van der Waals surface area contributed by atoms with E-state index in [0.29, 0.717) is 17.0 Å². The number of hydrogen-bond donors (Lipinski definition) is 2. The van der Waals surface area contributed by atoms with Crippen LogP contribution in [0.3, 0.4) is 0 Å². The zero-order chi connectivity index (χ0) is 16.8. The Morgan fingerprint density at radius 1 is 1.24 bits per heavy atom. The van der Waals surface area contributed by atoms with E-state index in [4.69, 9.17) is 4.98 Å². The van der Waals surface area contributed by atoms with Crippen LogP contribution in [0.15, 0.2) is 41.6 Å². The van der Waals surface area contributed by atoms with Crippen LogP contribution in [-0.4, -0.2) is 42.2 Å². The minimum Gasteiger partial charge on any atom is -0.315 e. The highest BCUT2D eigenvalue weighted by molar-refractivity contribution is 5.79. The van der Waals surface area contributed by atoms with Crippen LogP contribution in [0.25, 0.3) is 28.1 Å². The molecule has 1 atom stereocenters. The van der Waals surface area contributed by atoms with Crippen LogP contribution in [0.4, 0.5) is 0 Å². The standard InChI is InChI=1S/C17H17N7O/c25-17-21-13-10-19-15(12-9-20-23-7-2-1-5-14(12)23)22-16(13)24(17)11-4-3-6-18-8-11/h1-2,5,7,9-11,18H,3-4,6,8H2,(H,21,25). The van der Waals surface area contributed by atoms with Gasteiger partial charge in [-0.25, -0.2) is 19.3 Å². The van der Waals surface area contributed by atoms with Gasteiger partial charge in [-0.2, -0.15) is 5.10 Å². The summed E-state index contributed by atoms with van der Waals surface area (Å²) in [5.74, 6) is 0.574. The third-order valence-corrected chi connectivity index (χ3v) is 4.76. The van der Waals surface area contributed by atoms with E-state index >= 15 is 0 Å². The van der Waals surface area contributed by atoms with E-state index in [-0.39, 0.29) is 11.7 Å². The molecule has 126 valence electrons. The number of H-pyrrole nitrogens is 1. The molecule has 8 heteroatoms. The summed E-state index contributed by atoms with van der Waals surface area (Å²) in [4.78, 5) is 24.5.